The van der Waals surface area contributed by atoms with Crippen LogP contribution >= 0.6 is 0 Å². The molecule has 3 aliphatic rings. The number of carbonyl (C=O) groups excluding carboxylic acids is 2. The molecule has 1 saturated carbocycles. The number of amides is 1. The third-order valence-electron chi connectivity index (χ3n) is 6.71. The van der Waals surface area contributed by atoms with E-state index < -0.39 is 5.97 Å². The quantitative estimate of drug-likeness (QED) is 0.433. The Hall–Kier alpha value is -4.18. The molecule has 2 heterocycles. The van der Waals surface area contributed by atoms with Gasteiger partial charge in [-0.2, -0.15) is 5.10 Å². The highest BCUT2D eigenvalue weighted by molar-refractivity contribution is 5.94. The highest BCUT2D eigenvalue weighted by Crippen LogP contribution is 2.35. The molecule has 7 heteroatoms. The lowest BCUT2D eigenvalue weighted by Gasteiger charge is -2.25. The van der Waals surface area contributed by atoms with E-state index in [0.29, 0.717) is 36.0 Å². The number of allylic oxidation sites excluding steroid dienone is 7. The number of hydrogen-bond acceptors (Lipinski definition) is 5. The number of ether oxygens (including phenoxy) is 1. The Morgan fingerprint density at radius 2 is 2.00 bits per heavy atom. The van der Waals surface area contributed by atoms with Gasteiger partial charge in [0.05, 0.1) is 23.9 Å². The van der Waals surface area contributed by atoms with Gasteiger partial charge in [-0.05, 0) is 68.4 Å². The first-order valence-corrected chi connectivity index (χ1v) is 12.4. The molecular formula is C29H28N4O3. The minimum Gasteiger partial charge on any atom is -0.462 e. The van der Waals surface area contributed by atoms with Gasteiger partial charge in [0.15, 0.2) is 5.82 Å². The Labute approximate surface area is 210 Å². The molecule has 1 N–H and O–H groups in total. The fourth-order valence-corrected chi connectivity index (χ4v) is 4.31. The summed E-state index contributed by atoms with van der Waals surface area (Å²) < 4.78 is 6.47. The second-order valence-electron chi connectivity index (χ2n) is 9.08. The largest absolute Gasteiger partial charge is 0.462 e. The van der Waals surface area contributed by atoms with E-state index in [1.165, 1.54) is 53.1 Å². The zero-order chi connectivity index (χ0) is 24.9. The molecular weight excluding hydrogens is 452 g/mol. The Bertz CT molecular complexity index is 1370. The van der Waals surface area contributed by atoms with Crippen molar-refractivity contribution in [1.82, 2.24) is 20.1 Å². The van der Waals surface area contributed by atoms with Crippen LogP contribution in [-0.4, -0.2) is 39.8 Å². The van der Waals surface area contributed by atoms with Crippen molar-refractivity contribution in [3.05, 3.63) is 99.9 Å². The molecule has 1 amide bonds. The summed E-state index contributed by atoms with van der Waals surface area (Å²) >= 11 is 0. The number of esters is 1. The molecule has 3 aliphatic carbocycles. The van der Waals surface area contributed by atoms with Crippen molar-refractivity contribution < 1.29 is 14.3 Å². The van der Waals surface area contributed by atoms with E-state index in [9.17, 15) is 9.59 Å². The minimum absolute atomic E-state index is 0.199. The lowest BCUT2D eigenvalue weighted by Crippen LogP contribution is -2.25. The van der Waals surface area contributed by atoms with Crippen molar-refractivity contribution in [2.45, 2.75) is 39.0 Å². The molecule has 0 radical (unpaired) electrons. The van der Waals surface area contributed by atoms with E-state index in [0.717, 1.165) is 18.4 Å². The highest BCUT2D eigenvalue weighted by atomic mass is 16.5. The van der Waals surface area contributed by atoms with Crippen LogP contribution in [0.4, 0.5) is 0 Å². The minimum atomic E-state index is -0.422. The zero-order valence-electron chi connectivity index (χ0n) is 20.3. The number of aromatic nitrogens is 3. The van der Waals surface area contributed by atoms with Gasteiger partial charge in [0.2, 0.25) is 0 Å². The van der Waals surface area contributed by atoms with Crippen LogP contribution in [0, 0.1) is 5.92 Å². The smallest absolute Gasteiger partial charge is 0.339 e. The molecule has 0 aromatic carbocycles. The average Bonchev–Trinajstić information content (AvgIpc) is 3.38. The van der Waals surface area contributed by atoms with Gasteiger partial charge < -0.3 is 10.1 Å². The standard InChI is InChI=1S/C29H28N4O3/c1-2-36-29(35)25-14-15-27(30-17-25)33-19-26(18-32-33)28(34)31-16-20-6-8-22(9-7-20)24-12-10-23(11-13-24)21-4-3-5-21/h6,8,10,12,14-15,17-19,21H,2-5,7,9,16H2,1H3,(H,31,34). The van der Waals surface area contributed by atoms with Crippen LogP contribution in [-0.2, 0) is 4.74 Å². The Morgan fingerprint density at radius 3 is 2.64 bits per heavy atom. The van der Waals surface area contributed by atoms with Crippen LogP contribution in [0.2, 0.25) is 0 Å². The van der Waals surface area contributed by atoms with Gasteiger partial charge in [-0.25, -0.2) is 14.5 Å². The van der Waals surface area contributed by atoms with Crippen LogP contribution in [0.1, 0.15) is 59.7 Å². The maximum atomic E-state index is 12.7. The zero-order valence-corrected chi connectivity index (χ0v) is 20.3. The maximum Gasteiger partial charge on any atom is 0.339 e. The Kier molecular flexibility index (Phi) is 6.94. The fourth-order valence-electron chi connectivity index (χ4n) is 4.31. The molecule has 2 aromatic rings. The predicted octanol–water partition coefficient (Wildman–Crippen LogP) is 4.80. The Morgan fingerprint density at radius 1 is 1.11 bits per heavy atom. The molecule has 0 spiro atoms. The van der Waals surface area contributed by atoms with Gasteiger partial charge >= 0.3 is 5.97 Å². The summed E-state index contributed by atoms with van der Waals surface area (Å²) in [6.07, 6.45) is 18.8. The van der Waals surface area contributed by atoms with E-state index in [1.807, 2.05) is 0 Å². The summed E-state index contributed by atoms with van der Waals surface area (Å²) in [7, 11) is 0. The molecule has 182 valence electrons. The number of pyridine rings is 1. The number of rotatable bonds is 8. The lowest BCUT2D eigenvalue weighted by atomic mass is 9.79. The van der Waals surface area contributed by atoms with Gasteiger partial charge in [0.25, 0.3) is 5.91 Å². The van der Waals surface area contributed by atoms with E-state index in [-0.39, 0.29) is 5.91 Å². The lowest BCUT2D eigenvalue weighted by molar-refractivity contribution is 0.0525. The van der Waals surface area contributed by atoms with Crippen molar-refractivity contribution in [2.75, 3.05) is 13.2 Å². The molecule has 0 bridgehead atoms. The van der Waals surface area contributed by atoms with Crippen LogP contribution in [0.25, 0.3) is 5.82 Å². The summed E-state index contributed by atoms with van der Waals surface area (Å²) in [5.41, 5.74) is 12.3. The summed E-state index contributed by atoms with van der Waals surface area (Å²) in [6.45, 7) is 2.54. The molecule has 36 heavy (non-hydrogen) atoms. The molecule has 5 rings (SSSR count). The van der Waals surface area contributed by atoms with Gasteiger partial charge in [0.1, 0.15) is 0 Å². The summed E-state index contributed by atoms with van der Waals surface area (Å²) in [6, 6.07) is 3.28. The normalized spacial score (nSPS) is 16.9. The van der Waals surface area contributed by atoms with Gasteiger partial charge in [-0.15, -0.1) is 0 Å². The van der Waals surface area contributed by atoms with Gasteiger partial charge in [0, 0.05) is 30.1 Å². The van der Waals surface area contributed by atoms with Gasteiger partial charge in [-0.1, -0.05) is 35.6 Å². The summed E-state index contributed by atoms with van der Waals surface area (Å²) in [5, 5.41) is 7.20. The number of hydrogen-bond donors (Lipinski definition) is 1. The number of carbonyl (C=O) groups is 2. The van der Waals surface area contributed by atoms with Crippen molar-refractivity contribution in [3.8, 4) is 5.82 Å². The van der Waals surface area contributed by atoms with Crippen molar-refractivity contribution >= 4 is 11.9 Å². The molecule has 0 saturated heterocycles. The average molecular weight is 481 g/mol. The first-order valence-electron chi connectivity index (χ1n) is 12.4. The van der Waals surface area contributed by atoms with Crippen molar-refractivity contribution in [1.29, 1.82) is 0 Å². The summed E-state index contributed by atoms with van der Waals surface area (Å²) in [4.78, 5) is 28.7. The van der Waals surface area contributed by atoms with Crippen LogP contribution in [0.15, 0.2) is 88.8 Å². The van der Waals surface area contributed by atoms with Crippen LogP contribution in [0.3, 0.4) is 0 Å². The molecule has 0 atom stereocenters. The van der Waals surface area contributed by atoms with Crippen molar-refractivity contribution in [3.63, 3.8) is 0 Å². The molecule has 1 fully saturated rings. The van der Waals surface area contributed by atoms with E-state index in [2.05, 4.69) is 51.2 Å². The third-order valence-corrected chi connectivity index (χ3v) is 6.71. The first kappa shape index (κ1) is 23.6. The first-order chi connectivity index (χ1) is 17.6. The fraction of sp³-hybridized carbons (Fsp3) is 0.310. The predicted molar refractivity (Wildman–Crippen MR) is 136 cm³/mol. The van der Waals surface area contributed by atoms with Gasteiger partial charge in [-0.3, -0.25) is 4.79 Å². The summed E-state index contributed by atoms with van der Waals surface area (Å²) in [5.74, 6) is 0.555. The van der Waals surface area contributed by atoms with E-state index >= 15 is 0 Å². The van der Waals surface area contributed by atoms with Crippen LogP contribution < -0.4 is 5.32 Å². The molecule has 7 nitrogen and oxygen atoms in total. The molecule has 2 aromatic heterocycles. The maximum absolute atomic E-state index is 12.7. The van der Waals surface area contributed by atoms with E-state index in [1.54, 1.807) is 25.3 Å². The van der Waals surface area contributed by atoms with Crippen LogP contribution in [0.5, 0.6) is 0 Å². The molecule has 0 unspecified atom stereocenters. The SMILES string of the molecule is CCOC(=O)c1ccc(-n2cc(C(=O)NCC3=CC=C(C4=C=C=C(C5CCC5)C=C4)CC3)cn2)nc1. The second kappa shape index (κ2) is 10.6. The number of nitrogens with one attached hydrogen (secondary N) is 1. The molecule has 0 aliphatic heterocycles. The third kappa shape index (κ3) is 5.23. The second-order valence-corrected chi connectivity index (χ2v) is 9.08. The van der Waals surface area contributed by atoms with Crippen molar-refractivity contribution in [2.24, 2.45) is 5.92 Å². The van der Waals surface area contributed by atoms with E-state index in [4.69, 9.17) is 4.74 Å². The Balaban J connectivity index is 1.17. The highest BCUT2D eigenvalue weighted by Gasteiger charge is 2.21. The topological polar surface area (TPSA) is 86.1 Å². The number of nitrogens with zero attached hydrogens (tertiary/aromatic N) is 3. The monoisotopic (exact) mass is 480 g/mol.